The van der Waals surface area contributed by atoms with Crippen molar-refractivity contribution in [1.29, 1.82) is 0 Å². The first-order chi connectivity index (χ1) is 11.6. The van der Waals surface area contributed by atoms with Crippen LogP contribution < -0.4 is 10.2 Å². The Morgan fingerprint density at radius 1 is 1.16 bits per heavy atom. The molecule has 0 aromatic heterocycles. The van der Waals surface area contributed by atoms with Gasteiger partial charge in [-0.1, -0.05) is 0 Å². The standard InChI is InChI=1S/C14H14F6N2O3/c15-13(16,17)8-25-12(23)21-10-7-9(14(18,19)20)1-2-11(10)22-3-5-24-6-4-22/h1-2,7H,3-6,8H2,(H,21,23). The van der Waals surface area contributed by atoms with Crippen LogP contribution in [0.3, 0.4) is 0 Å². The number of hydrogen-bond donors (Lipinski definition) is 1. The lowest BCUT2D eigenvalue weighted by molar-refractivity contribution is -0.159. The molecule has 140 valence electrons. The Morgan fingerprint density at radius 2 is 1.80 bits per heavy atom. The fourth-order valence-corrected chi connectivity index (χ4v) is 2.19. The molecule has 1 heterocycles. The van der Waals surface area contributed by atoms with Crippen molar-refractivity contribution in [1.82, 2.24) is 0 Å². The van der Waals surface area contributed by atoms with Crippen molar-refractivity contribution in [2.45, 2.75) is 12.4 Å². The number of carbonyl (C=O) groups is 1. The highest BCUT2D eigenvalue weighted by atomic mass is 19.4. The van der Waals surface area contributed by atoms with E-state index >= 15 is 0 Å². The lowest BCUT2D eigenvalue weighted by Crippen LogP contribution is -2.37. The van der Waals surface area contributed by atoms with Crippen LogP contribution in [0.2, 0.25) is 0 Å². The second-order valence-electron chi connectivity index (χ2n) is 5.15. The molecule has 1 aromatic carbocycles. The molecule has 0 saturated carbocycles. The van der Waals surface area contributed by atoms with Gasteiger partial charge in [0, 0.05) is 13.1 Å². The van der Waals surface area contributed by atoms with Crippen LogP contribution in [0.5, 0.6) is 0 Å². The molecule has 1 fully saturated rings. The summed E-state index contributed by atoms with van der Waals surface area (Å²) in [6.45, 7) is -0.460. The number of halogens is 6. The Balaban J connectivity index is 2.23. The maximum Gasteiger partial charge on any atom is 0.422 e. The van der Waals surface area contributed by atoms with Crippen LogP contribution >= 0.6 is 0 Å². The summed E-state index contributed by atoms with van der Waals surface area (Å²) in [6, 6.07) is 2.63. The molecule has 1 N–H and O–H groups in total. The predicted octanol–water partition coefficient (Wildman–Crippen LogP) is 3.65. The second-order valence-corrected chi connectivity index (χ2v) is 5.15. The predicted molar refractivity (Wildman–Crippen MR) is 75.5 cm³/mol. The van der Waals surface area contributed by atoms with Gasteiger partial charge in [0.2, 0.25) is 0 Å². The van der Waals surface area contributed by atoms with E-state index in [2.05, 4.69) is 4.74 Å². The van der Waals surface area contributed by atoms with Gasteiger partial charge in [0.15, 0.2) is 6.61 Å². The van der Waals surface area contributed by atoms with Crippen LogP contribution in [-0.4, -0.2) is 45.2 Å². The largest absolute Gasteiger partial charge is 0.440 e. The van der Waals surface area contributed by atoms with Crippen LogP contribution in [0.15, 0.2) is 18.2 Å². The summed E-state index contributed by atoms with van der Waals surface area (Å²) in [7, 11) is 0. The second kappa shape index (κ2) is 7.38. The maximum atomic E-state index is 12.9. The zero-order chi connectivity index (χ0) is 18.7. The van der Waals surface area contributed by atoms with Gasteiger partial charge in [-0.15, -0.1) is 0 Å². The third kappa shape index (κ3) is 5.69. The molecule has 1 amide bonds. The number of anilines is 2. The smallest absolute Gasteiger partial charge is 0.422 e. The molecule has 0 spiro atoms. The lowest BCUT2D eigenvalue weighted by atomic mass is 10.1. The average molecular weight is 372 g/mol. The number of rotatable bonds is 3. The van der Waals surface area contributed by atoms with E-state index in [0.717, 1.165) is 12.1 Å². The molecule has 0 unspecified atom stereocenters. The third-order valence-corrected chi connectivity index (χ3v) is 3.28. The lowest BCUT2D eigenvalue weighted by Gasteiger charge is -2.30. The molecule has 25 heavy (non-hydrogen) atoms. The number of alkyl halides is 6. The van der Waals surface area contributed by atoms with Gasteiger partial charge < -0.3 is 14.4 Å². The van der Waals surface area contributed by atoms with Crippen LogP contribution in [0.25, 0.3) is 0 Å². The highest BCUT2D eigenvalue weighted by Crippen LogP contribution is 2.35. The summed E-state index contributed by atoms with van der Waals surface area (Å²) in [4.78, 5) is 13.2. The normalized spacial score (nSPS) is 15.8. The van der Waals surface area contributed by atoms with E-state index < -0.39 is 30.6 Å². The number of morpholine rings is 1. The zero-order valence-electron chi connectivity index (χ0n) is 12.7. The minimum atomic E-state index is -4.74. The van der Waals surface area contributed by atoms with E-state index in [1.54, 1.807) is 4.90 Å². The first kappa shape index (κ1) is 19.2. The first-order valence-electron chi connectivity index (χ1n) is 7.11. The molecule has 5 nitrogen and oxygen atoms in total. The SMILES string of the molecule is O=C(Nc1cc(C(F)(F)F)ccc1N1CCOCC1)OCC(F)(F)F. The summed E-state index contributed by atoms with van der Waals surface area (Å²) < 4.78 is 83.9. The first-order valence-corrected chi connectivity index (χ1v) is 7.11. The van der Waals surface area contributed by atoms with Crippen molar-refractivity contribution in [3.8, 4) is 0 Å². The minimum Gasteiger partial charge on any atom is -0.440 e. The van der Waals surface area contributed by atoms with Crippen LogP contribution in [0, 0.1) is 0 Å². The van der Waals surface area contributed by atoms with Crippen molar-refractivity contribution in [2.24, 2.45) is 0 Å². The summed E-state index contributed by atoms with van der Waals surface area (Å²) in [6.07, 6.45) is -10.9. The third-order valence-electron chi connectivity index (χ3n) is 3.28. The molecule has 1 aliphatic rings. The monoisotopic (exact) mass is 372 g/mol. The Bertz CT molecular complexity index is 612. The van der Waals surface area contributed by atoms with Gasteiger partial charge in [0.25, 0.3) is 0 Å². The van der Waals surface area contributed by atoms with E-state index in [1.165, 1.54) is 0 Å². The average Bonchev–Trinajstić information content (AvgIpc) is 2.52. The molecule has 0 aliphatic carbocycles. The topological polar surface area (TPSA) is 50.8 Å². The molecular formula is C14H14F6N2O3. The number of nitrogens with one attached hydrogen (secondary N) is 1. The molecule has 2 rings (SSSR count). The Hall–Kier alpha value is -2.17. The van der Waals surface area contributed by atoms with Crippen molar-refractivity contribution in [3.05, 3.63) is 23.8 Å². The minimum absolute atomic E-state index is 0.236. The number of nitrogens with zero attached hydrogens (tertiary/aromatic N) is 1. The molecule has 1 saturated heterocycles. The van der Waals surface area contributed by atoms with Gasteiger partial charge in [-0.25, -0.2) is 4.79 Å². The summed E-state index contributed by atoms with van der Waals surface area (Å²) in [5.41, 5.74) is -1.10. The Morgan fingerprint density at radius 3 is 2.36 bits per heavy atom. The van der Waals surface area contributed by atoms with Crippen molar-refractivity contribution >= 4 is 17.5 Å². The maximum absolute atomic E-state index is 12.9. The van der Waals surface area contributed by atoms with Gasteiger partial charge in [0.1, 0.15) is 0 Å². The van der Waals surface area contributed by atoms with Crippen LogP contribution in [0.4, 0.5) is 42.5 Å². The number of benzene rings is 1. The molecule has 0 atom stereocenters. The van der Waals surface area contributed by atoms with Gasteiger partial charge in [-0.05, 0) is 18.2 Å². The van der Waals surface area contributed by atoms with Gasteiger partial charge in [0.05, 0.1) is 30.2 Å². The van der Waals surface area contributed by atoms with Crippen LogP contribution in [0.1, 0.15) is 5.56 Å². The summed E-state index contributed by atoms with van der Waals surface area (Å²) >= 11 is 0. The molecule has 0 radical (unpaired) electrons. The molecule has 1 aliphatic heterocycles. The fraction of sp³-hybridized carbons (Fsp3) is 0.500. The van der Waals surface area contributed by atoms with E-state index in [1.807, 2.05) is 5.32 Å². The number of hydrogen-bond acceptors (Lipinski definition) is 4. The molecule has 1 aromatic rings. The zero-order valence-corrected chi connectivity index (χ0v) is 12.7. The molecular weight excluding hydrogens is 358 g/mol. The number of amides is 1. The number of carbonyl (C=O) groups excluding carboxylic acids is 1. The van der Waals surface area contributed by atoms with Gasteiger partial charge in [-0.3, -0.25) is 5.32 Å². The van der Waals surface area contributed by atoms with E-state index in [0.29, 0.717) is 32.4 Å². The van der Waals surface area contributed by atoms with Crippen molar-refractivity contribution in [2.75, 3.05) is 43.1 Å². The quantitative estimate of drug-likeness (QED) is 0.823. The molecule has 0 bridgehead atoms. The van der Waals surface area contributed by atoms with Gasteiger partial charge >= 0.3 is 18.4 Å². The highest BCUT2D eigenvalue weighted by Gasteiger charge is 2.33. The highest BCUT2D eigenvalue weighted by molar-refractivity contribution is 5.90. The Kier molecular flexibility index (Phi) is 5.65. The van der Waals surface area contributed by atoms with E-state index in [4.69, 9.17) is 4.74 Å². The fourth-order valence-electron chi connectivity index (χ4n) is 2.19. The number of ether oxygens (including phenoxy) is 2. The van der Waals surface area contributed by atoms with Crippen LogP contribution in [-0.2, 0) is 15.7 Å². The van der Waals surface area contributed by atoms with Gasteiger partial charge in [-0.2, -0.15) is 26.3 Å². The Labute approximate surface area is 138 Å². The van der Waals surface area contributed by atoms with Crippen molar-refractivity contribution < 1.29 is 40.6 Å². The van der Waals surface area contributed by atoms with Crippen molar-refractivity contribution in [3.63, 3.8) is 0 Å². The molecule has 11 heteroatoms. The summed E-state index contributed by atoms with van der Waals surface area (Å²) in [5.74, 6) is 0. The van der Waals surface area contributed by atoms with E-state index in [9.17, 15) is 31.1 Å². The summed E-state index contributed by atoms with van der Waals surface area (Å²) in [5, 5.41) is 1.95. The van der Waals surface area contributed by atoms with E-state index in [-0.39, 0.29) is 11.4 Å².